The number of alkyl halides is 3. The summed E-state index contributed by atoms with van der Waals surface area (Å²) in [5.74, 6) is -0.685. The number of hydrogen-bond acceptors (Lipinski definition) is 4. The highest BCUT2D eigenvalue weighted by Crippen LogP contribution is 2.36. The maximum Gasteiger partial charge on any atom is 0.417 e. The molecule has 0 unspecified atom stereocenters. The Morgan fingerprint density at radius 2 is 1.90 bits per heavy atom. The molecule has 1 aliphatic rings. The first-order valence-electron chi connectivity index (χ1n) is 8.21. The van der Waals surface area contributed by atoms with Gasteiger partial charge >= 0.3 is 6.18 Å². The van der Waals surface area contributed by atoms with Crippen molar-refractivity contribution in [2.24, 2.45) is 0 Å². The van der Waals surface area contributed by atoms with Crippen LogP contribution in [0, 0.1) is 17.1 Å². The molecule has 4 nitrogen and oxygen atoms in total. The minimum absolute atomic E-state index is 0.0324. The summed E-state index contributed by atoms with van der Waals surface area (Å²) < 4.78 is 52.8. The van der Waals surface area contributed by atoms with Gasteiger partial charge in [-0.1, -0.05) is 0 Å². The summed E-state index contributed by atoms with van der Waals surface area (Å²) in [5.41, 5.74) is -2.92. The molecule has 0 aromatic heterocycles. The highest BCUT2D eigenvalue weighted by atomic mass is 32.2. The number of nitrogens with one attached hydrogen (secondary N) is 1. The zero-order chi connectivity index (χ0) is 21.4. The van der Waals surface area contributed by atoms with Gasteiger partial charge in [0.2, 0.25) is 0 Å². The number of rotatable bonds is 4. The Balaban J connectivity index is 1.87. The van der Waals surface area contributed by atoms with E-state index < -0.39 is 28.7 Å². The van der Waals surface area contributed by atoms with E-state index in [9.17, 15) is 22.4 Å². The monoisotopic (exact) mass is 439 g/mol. The summed E-state index contributed by atoms with van der Waals surface area (Å²) in [7, 11) is 0. The summed E-state index contributed by atoms with van der Waals surface area (Å²) in [6, 6.07) is 10.2. The third-order valence-electron chi connectivity index (χ3n) is 4.29. The average Bonchev–Trinajstić information content (AvgIpc) is 2.89. The molecule has 1 saturated heterocycles. The Hall–Kier alpha value is -2.64. The molecule has 1 atom stereocenters. The van der Waals surface area contributed by atoms with Crippen molar-refractivity contribution in [3.8, 4) is 6.07 Å². The standard InChI is InChI=1S/C19H13F4N3OS2/c1-18(10-29-14-6-3-12(20)4-7-14)16(27)26(17(28)25-18)13-5-2-11(9-24)15(8-13)19(21,22)23/h2-8H,10H2,1H3,(H,25,28)/t18-/m0/s1. The lowest BCUT2D eigenvalue weighted by molar-refractivity contribution is -0.137. The third kappa shape index (κ3) is 4.21. The highest BCUT2D eigenvalue weighted by Gasteiger charge is 2.47. The topological polar surface area (TPSA) is 56.1 Å². The zero-order valence-corrected chi connectivity index (χ0v) is 16.5. The summed E-state index contributed by atoms with van der Waals surface area (Å²) in [5, 5.41) is 11.8. The number of thiocarbonyl (C=S) groups is 1. The number of benzene rings is 2. The molecule has 1 aliphatic heterocycles. The first kappa shape index (κ1) is 21.1. The van der Waals surface area contributed by atoms with Gasteiger partial charge in [0, 0.05) is 10.6 Å². The van der Waals surface area contributed by atoms with Crippen LogP contribution in [0.15, 0.2) is 47.4 Å². The minimum atomic E-state index is -4.75. The number of nitriles is 1. The van der Waals surface area contributed by atoms with Crippen LogP contribution >= 0.6 is 24.0 Å². The molecule has 1 fully saturated rings. The number of hydrogen-bond donors (Lipinski definition) is 1. The van der Waals surface area contributed by atoms with E-state index >= 15 is 0 Å². The summed E-state index contributed by atoms with van der Waals surface area (Å²) in [6.07, 6.45) is -4.75. The predicted octanol–water partition coefficient (Wildman–Crippen LogP) is 4.49. The van der Waals surface area contributed by atoms with Gasteiger partial charge < -0.3 is 5.32 Å². The Labute approximate surface area is 173 Å². The van der Waals surface area contributed by atoms with Gasteiger partial charge in [-0.05, 0) is 61.6 Å². The zero-order valence-electron chi connectivity index (χ0n) is 14.9. The van der Waals surface area contributed by atoms with Crippen molar-refractivity contribution in [3.05, 3.63) is 59.4 Å². The van der Waals surface area contributed by atoms with E-state index in [0.29, 0.717) is 0 Å². The van der Waals surface area contributed by atoms with Gasteiger partial charge in [0.25, 0.3) is 5.91 Å². The van der Waals surface area contributed by atoms with Gasteiger partial charge in [-0.2, -0.15) is 18.4 Å². The van der Waals surface area contributed by atoms with Gasteiger partial charge in [-0.3, -0.25) is 9.69 Å². The second-order valence-corrected chi connectivity index (χ2v) is 7.92. The second-order valence-electron chi connectivity index (χ2n) is 6.48. The predicted molar refractivity (Wildman–Crippen MR) is 105 cm³/mol. The summed E-state index contributed by atoms with van der Waals surface area (Å²) in [4.78, 5) is 14.7. The number of anilines is 1. The SMILES string of the molecule is C[C@@]1(CSc2ccc(F)cc2)NC(=S)N(c2ccc(C#N)c(C(F)(F)F)c2)C1=O. The highest BCUT2D eigenvalue weighted by molar-refractivity contribution is 7.99. The Kier molecular flexibility index (Phi) is 5.56. The van der Waals surface area contributed by atoms with Crippen LogP contribution in [-0.2, 0) is 11.0 Å². The van der Waals surface area contributed by atoms with Gasteiger partial charge in [-0.15, -0.1) is 11.8 Å². The van der Waals surface area contributed by atoms with E-state index in [-0.39, 0.29) is 22.4 Å². The fourth-order valence-corrected chi connectivity index (χ4v) is 4.17. The summed E-state index contributed by atoms with van der Waals surface area (Å²) in [6.45, 7) is 1.59. The molecule has 0 bridgehead atoms. The summed E-state index contributed by atoms with van der Waals surface area (Å²) >= 11 is 6.47. The van der Waals surface area contributed by atoms with Crippen molar-refractivity contribution in [1.29, 1.82) is 5.26 Å². The number of carbonyl (C=O) groups is 1. The first-order valence-corrected chi connectivity index (χ1v) is 9.61. The number of thioether (sulfide) groups is 1. The second kappa shape index (κ2) is 7.65. The fraction of sp³-hybridized carbons (Fsp3) is 0.211. The molecule has 1 N–H and O–H groups in total. The number of carbonyl (C=O) groups excluding carboxylic acids is 1. The Morgan fingerprint density at radius 3 is 2.48 bits per heavy atom. The molecule has 0 saturated carbocycles. The maximum atomic E-state index is 13.3. The van der Waals surface area contributed by atoms with Crippen LogP contribution in [0.2, 0.25) is 0 Å². The van der Waals surface area contributed by atoms with Crippen molar-refractivity contribution < 1.29 is 22.4 Å². The molecule has 0 aliphatic carbocycles. The number of halogens is 4. The number of amides is 1. The van der Waals surface area contributed by atoms with Gasteiger partial charge in [-0.25, -0.2) is 4.39 Å². The normalized spacial score (nSPS) is 19.2. The third-order valence-corrected chi connectivity index (χ3v) is 5.90. The van der Waals surface area contributed by atoms with Crippen LogP contribution in [0.3, 0.4) is 0 Å². The van der Waals surface area contributed by atoms with E-state index in [2.05, 4.69) is 5.32 Å². The average molecular weight is 439 g/mol. The first-order chi connectivity index (χ1) is 13.5. The lowest BCUT2D eigenvalue weighted by Gasteiger charge is -2.22. The maximum absolute atomic E-state index is 13.3. The lowest BCUT2D eigenvalue weighted by Crippen LogP contribution is -2.46. The molecular weight excluding hydrogens is 426 g/mol. The Morgan fingerprint density at radius 1 is 1.24 bits per heavy atom. The van der Waals surface area contributed by atoms with Crippen molar-refractivity contribution in [2.75, 3.05) is 10.7 Å². The molecule has 1 amide bonds. The van der Waals surface area contributed by atoms with Crippen LogP contribution in [0.5, 0.6) is 0 Å². The van der Waals surface area contributed by atoms with Crippen LogP contribution in [0.25, 0.3) is 0 Å². The van der Waals surface area contributed by atoms with Crippen molar-refractivity contribution in [1.82, 2.24) is 5.32 Å². The van der Waals surface area contributed by atoms with E-state index in [0.717, 1.165) is 21.9 Å². The van der Waals surface area contributed by atoms with Crippen molar-refractivity contribution in [2.45, 2.75) is 23.5 Å². The van der Waals surface area contributed by atoms with Gasteiger partial charge in [0.15, 0.2) is 5.11 Å². The molecule has 2 aromatic carbocycles. The molecule has 0 spiro atoms. The molecule has 0 radical (unpaired) electrons. The molecule has 3 rings (SSSR count). The number of nitrogens with zero attached hydrogens (tertiary/aromatic N) is 2. The van der Waals surface area contributed by atoms with E-state index in [1.807, 2.05) is 0 Å². The van der Waals surface area contributed by atoms with Gasteiger partial charge in [0.05, 0.1) is 22.9 Å². The molecular formula is C19H13F4N3OS2. The van der Waals surface area contributed by atoms with E-state index in [4.69, 9.17) is 17.5 Å². The smallest absolute Gasteiger partial charge is 0.347 e. The van der Waals surface area contributed by atoms with E-state index in [1.165, 1.54) is 36.0 Å². The largest absolute Gasteiger partial charge is 0.417 e. The fourth-order valence-electron chi connectivity index (χ4n) is 2.78. The van der Waals surface area contributed by atoms with E-state index in [1.54, 1.807) is 19.1 Å². The quantitative estimate of drug-likeness (QED) is 0.432. The van der Waals surface area contributed by atoms with Crippen molar-refractivity contribution in [3.63, 3.8) is 0 Å². The minimum Gasteiger partial charge on any atom is -0.347 e. The van der Waals surface area contributed by atoms with Crippen LogP contribution < -0.4 is 10.2 Å². The molecule has 150 valence electrons. The van der Waals surface area contributed by atoms with Gasteiger partial charge in [0.1, 0.15) is 11.4 Å². The molecule has 2 aromatic rings. The molecule has 29 heavy (non-hydrogen) atoms. The lowest BCUT2D eigenvalue weighted by atomic mass is 10.0. The van der Waals surface area contributed by atoms with Crippen LogP contribution in [-0.4, -0.2) is 22.3 Å². The van der Waals surface area contributed by atoms with Crippen LogP contribution in [0.4, 0.5) is 23.2 Å². The molecule has 10 heteroatoms. The van der Waals surface area contributed by atoms with Crippen molar-refractivity contribution >= 4 is 40.7 Å². The van der Waals surface area contributed by atoms with Crippen LogP contribution in [0.1, 0.15) is 18.1 Å². The Bertz CT molecular complexity index is 1020. The molecule has 1 heterocycles.